The molecule has 0 saturated carbocycles. The van der Waals surface area contributed by atoms with Crippen LogP contribution in [0.5, 0.6) is 0 Å². The van der Waals surface area contributed by atoms with E-state index in [0.717, 1.165) is 186 Å². The SMILES string of the molecule is CC(C)N1CCC(C)(N(C)C(=O)c2ncccc2Cl)CC1.CC(C)N1CCC(C)(NC(=O)c2ccn(C)n2)CC1.CC(C)N1CCC(C)(NC(=O)c2cnn(C(C)C)c2)CC1.CC1(NC(=O)c2ncccc2F)CCN(C(C)(C)C)C1.Cc1nc(C(=O)NC2(C)CCN(C(C)C)CC2)co1.Cc1ncn(C)c1C(=O)NC1(C)CCN(C(C)C)CC1.Cc1nn(C)cc1C(=O)NC1(C)CCN(C(C)C)CC1. The Morgan fingerprint density at radius 1 is 0.450 bits per heavy atom. The van der Waals surface area contributed by atoms with Crippen molar-refractivity contribution in [3.8, 4) is 0 Å². The monoisotopic (exact) mass is 1970 g/mol. The maximum atomic E-state index is 13.6. The quantitative estimate of drug-likeness (QED) is 0.0389. The second-order valence-electron chi connectivity index (χ2n) is 44.8. The summed E-state index contributed by atoms with van der Waals surface area (Å²) in [6, 6.07) is 11.6. The van der Waals surface area contributed by atoms with Gasteiger partial charge in [-0.05, 0) is 294 Å². The van der Waals surface area contributed by atoms with Crippen molar-refractivity contribution in [3.63, 3.8) is 0 Å². The number of nitrogens with zero attached hydrogens (tertiary/aromatic N) is 19. The lowest BCUT2D eigenvalue weighted by Crippen LogP contribution is -2.55. The molecule has 6 N–H and O–H groups in total. The number of piperidine rings is 6. The number of carbonyl (C=O) groups excluding carboxylic acids is 7. The van der Waals surface area contributed by atoms with E-state index in [2.05, 4.69) is 261 Å². The minimum atomic E-state index is -0.584. The second-order valence-corrected chi connectivity index (χ2v) is 45.2. The first-order valence-electron chi connectivity index (χ1n) is 50.9. The van der Waals surface area contributed by atoms with Crippen LogP contribution in [0.1, 0.15) is 346 Å². The van der Waals surface area contributed by atoms with E-state index in [1.165, 1.54) is 24.6 Å². The maximum Gasteiger partial charge on any atom is 0.274 e. The smallest absolute Gasteiger partial charge is 0.274 e. The summed E-state index contributed by atoms with van der Waals surface area (Å²) in [4.78, 5) is 121. The van der Waals surface area contributed by atoms with Crippen molar-refractivity contribution in [2.45, 2.75) is 357 Å². The Balaban J connectivity index is 0.000000200. The van der Waals surface area contributed by atoms with Crippen LogP contribution in [0.25, 0.3) is 0 Å². The first-order valence-corrected chi connectivity index (χ1v) is 51.2. The molecule has 7 aliphatic heterocycles. The van der Waals surface area contributed by atoms with Gasteiger partial charge in [0.05, 0.1) is 45.6 Å². The van der Waals surface area contributed by atoms with Crippen LogP contribution in [0.4, 0.5) is 4.39 Å². The van der Waals surface area contributed by atoms with E-state index in [0.29, 0.717) is 81.1 Å². The number of nitrogens with one attached hydrogen (secondary N) is 6. The number of oxazole rings is 1. The highest BCUT2D eigenvalue weighted by Gasteiger charge is 2.44. The molecule has 0 spiro atoms. The van der Waals surface area contributed by atoms with Gasteiger partial charge in [-0.15, -0.1) is 0 Å². The van der Waals surface area contributed by atoms with E-state index in [4.69, 9.17) is 16.0 Å². The molecule has 14 rings (SSSR count). The molecule has 140 heavy (non-hydrogen) atoms. The topological polar surface area (TPSA) is 341 Å². The van der Waals surface area contributed by atoms with Gasteiger partial charge < -0.3 is 75.2 Å². The zero-order valence-corrected chi connectivity index (χ0v) is 91.4. The number of hydrogen-bond acceptors (Lipinski definition) is 22. The average molecular weight is 1970 g/mol. The van der Waals surface area contributed by atoms with Crippen molar-refractivity contribution in [2.24, 2.45) is 21.1 Å². The zero-order valence-electron chi connectivity index (χ0n) is 90.7. The normalized spacial score (nSPS) is 19.9. The molecule has 7 amide bonds. The predicted molar refractivity (Wildman–Crippen MR) is 554 cm³/mol. The van der Waals surface area contributed by atoms with Crippen LogP contribution in [0.3, 0.4) is 0 Å². The van der Waals surface area contributed by atoms with Crippen LogP contribution in [0.15, 0.2) is 84.5 Å². The largest absolute Gasteiger partial charge is 0.448 e. The molecule has 33 nitrogen and oxygen atoms in total. The van der Waals surface area contributed by atoms with Gasteiger partial charge in [-0.1, -0.05) is 11.6 Å². The summed E-state index contributed by atoms with van der Waals surface area (Å²) in [5, 5.41) is 31.8. The number of rotatable bonds is 21. The first kappa shape index (κ1) is 116. The Morgan fingerprint density at radius 2 is 0.843 bits per heavy atom. The van der Waals surface area contributed by atoms with Crippen molar-refractivity contribution < 1.29 is 42.4 Å². The summed E-state index contributed by atoms with van der Waals surface area (Å²) in [5.41, 5.74) is 3.64. The lowest BCUT2D eigenvalue weighted by atomic mass is 9.87. The molecule has 1 atom stereocenters. The highest BCUT2D eigenvalue weighted by Crippen LogP contribution is 2.34. The summed E-state index contributed by atoms with van der Waals surface area (Å²) >= 11 is 6.09. The van der Waals surface area contributed by atoms with E-state index in [1.807, 2.05) is 64.7 Å². The van der Waals surface area contributed by atoms with E-state index in [9.17, 15) is 38.0 Å². The number of aryl methyl sites for hydroxylation is 6. The maximum absolute atomic E-state index is 13.6. The van der Waals surface area contributed by atoms with Gasteiger partial charge in [-0.2, -0.15) is 15.3 Å². The number of hydrogen-bond donors (Lipinski definition) is 6. The van der Waals surface area contributed by atoms with Gasteiger partial charge in [0.1, 0.15) is 23.3 Å². The fourth-order valence-electron chi connectivity index (χ4n) is 18.8. The average Bonchev–Trinajstić information content (AvgIpc) is 1.13. The predicted octanol–water partition coefficient (Wildman–Crippen LogP) is 14.6. The molecule has 0 aromatic carbocycles. The van der Waals surface area contributed by atoms with Crippen LogP contribution in [-0.4, -0.2) is 314 Å². The number of imidazole rings is 1. The summed E-state index contributed by atoms with van der Waals surface area (Å²) in [7, 11) is 7.38. The molecule has 7 aliphatic rings. The summed E-state index contributed by atoms with van der Waals surface area (Å²) in [6.07, 6.45) is 25.9. The van der Waals surface area contributed by atoms with Crippen molar-refractivity contribution >= 4 is 53.0 Å². The molecule has 7 aromatic heterocycles. The Morgan fingerprint density at radius 3 is 1.19 bits per heavy atom. The number of aromatic nitrogens is 11. The fourth-order valence-corrected chi connectivity index (χ4v) is 19.0. The second kappa shape index (κ2) is 50.2. The summed E-state index contributed by atoms with van der Waals surface area (Å²) in [6.45, 7) is 71.6. The van der Waals surface area contributed by atoms with E-state index in [-0.39, 0.29) is 91.5 Å². The van der Waals surface area contributed by atoms with Crippen LogP contribution < -0.4 is 31.9 Å². The minimum absolute atomic E-state index is 0.00361. The Bertz CT molecular complexity index is 5020. The number of amides is 7. The Hall–Kier alpha value is -9.42. The van der Waals surface area contributed by atoms with E-state index >= 15 is 0 Å². The standard InChI is InChI=1S/C16H24ClN3O.C16H28N4O.C15H22FN3O.2C15H26N4O.C14H24N4O.C14H23N3O2/c1-12(2)20-10-7-16(3,8-11-20)19(4)15(21)14-13(17)6-5-9-18-14;1-12(2)19-8-6-16(5,7-9-19)18-15(21)14-10-17-20(11-14)13(3)4;1-14(2,3)19-9-7-15(4,10-19)18-13(20)12-11(16)6-5-8-17-12;1-11(2)19-8-6-15(4,7-9-19)17-14(20)13-12(3)16-10-18(13)5;1-11(2)19-8-6-15(4,7-9-19)16-14(20)13-10-18(5)17-12(13)3;1-11(2)18-9-6-14(3,7-10-18)15-13(19)12-5-8-17(4)16-12;1-10(2)17-7-5-14(4,6-8-17)16-13(18)12-9-19-11(3)15-12/h5-6,9,12H,7-8,10-11H2,1-4H3;10-13H,6-9H2,1-5H3,(H,18,21);5-6,8H,7,9-10H2,1-4H3,(H,18,20);10-11H,6-9H2,1-5H3,(H,17,20);10-11H,6-9H2,1-5H3,(H,16,20);5,8,11H,6-7,9-10H2,1-4H3,(H,15,19);9-10H,5-8H2,1-4H3,(H,16,18). The van der Waals surface area contributed by atoms with Gasteiger partial charge in [0.25, 0.3) is 41.4 Å². The number of carbonyl (C=O) groups is 7. The lowest BCUT2D eigenvalue weighted by Gasteiger charge is -2.46. The molecule has 0 aliphatic carbocycles. The van der Waals surface area contributed by atoms with Gasteiger partial charge in [-0.3, -0.25) is 52.5 Å². The number of pyridine rings is 2. The van der Waals surface area contributed by atoms with E-state index < -0.39 is 11.7 Å². The molecule has 7 saturated heterocycles. The van der Waals surface area contributed by atoms with Crippen LogP contribution in [0.2, 0.25) is 5.02 Å². The molecular formula is C105H173ClFN25O8. The van der Waals surface area contributed by atoms with Gasteiger partial charge in [0, 0.05) is 239 Å². The molecule has 1 unspecified atom stereocenters. The third kappa shape index (κ3) is 33.6. The van der Waals surface area contributed by atoms with Gasteiger partial charge in [0.2, 0.25) is 0 Å². The van der Waals surface area contributed by atoms with E-state index in [1.54, 1.807) is 70.2 Å². The molecule has 0 radical (unpaired) electrons. The zero-order chi connectivity index (χ0) is 104. The molecular weight excluding hydrogens is 1790 g/mol. The highest BCUT2D eigenvalue weighted by atomic mass is 35.5. The van der Waals surface area contributed by atoms with Crippen LogP contribution >= 0.6 is 11.6 Å². The van der Waals surface area contributed by atoms with Crippen molar-refractivity contribution in [2.75, 3.05) is 98.7 Å². The Labute approximate surface area is 840 Å². The fraction of sp³-hybridized carbons (Fsp3) is 0.695. The van der Waals surface area contributed by atoms with Crippen LogP contribution in [0, 0.1) is 26.6 Å². The molecule has 14 heterocycles. The Kier molecular flexibility index (Phi) is 41.5. The number of likely N-dealkylation sites (tertiary alicyclic amines) is 7. The van der Waals surface area contributed by atoms with Crippen molar-refractivity contribution in [3.05, 3.63) is 148 Å². The van der Waals surface area contributed by atoms with Crippen molar-refractivity contribution in [1.82, 2.24) is 125 Å². The third-order valence-corrected chi connectivity index (χ3v) is 29.8. The van der Waals surface area contributed by atoms with Crippen LogP contribution in [-0.2, 0) is 21.1 Å². The third-order valence-electron chi connectivity index (χ3n) is 29.5. The van der Waals surface area contributed by atoms with Gasteiger partial charge in [-0.25, -0.2) is 24.3 Å². The molecule has 0 bridgehead atoms. The minimum Gasteiger partial charge on any atom is -0.448 e. The summed E-state index contributed by atoms with van der Waals surface area (Å²) in [5.74, 6) is -0.841. The van der Waals surface area contributed by atoms with Gasteiger partial charge in [0.15, 0.2) is 23.1 Å². The molecule has 35 heteroatoms. The van der Waals surface area contributed by atoms with Gasteiger partial charge >= 0.3 is 0 Å². The number of halogens is 2. The molecule has 7 fully saturated rings. The summed E-state index contributed by atoms with van der Waals surface area (Å²) < 4.78 is 25.6. The molecule has 7 aromatic rings. The lowest BCUT2D eigenvalue weighted by molar-refractivity contribution is 0.0312. The molecule has 780 valence electrons. The first-order chi connectivity index (χ1) is 65.3. The van der Waals surface area contributed by atoms with Crippen molar-refractivity contribution in [1.29, 1.82) is 0 Å². The highest BCUT2D eigenvalue weighted by molar-refractivity contribution is 6.33.